The number of Topliss-reactive ketones (excluding diaryl/α,β-unsaturated/α-hetero) is 1. The summed E-state index contributed by atoms with van der Waals surface area (Å²) in [6.07, 6.45) is 6.24. The number of carbonyl (C=O) groups excluding carboxylic acids is 5. The van der Waals surface area contributed by atoms with Gasteiger partial charge in [-0.25, -0.2) is 0 Å². The number of ether oxygens (including phenoxy) is 4. The monoisotopic (exact) mass is 794 g/mol. The molecule has 4 aromatic rings. The van der Waals surface area contributed by atoms with Crippen molar-refractivity contribution in [3.05, 3.63) is 82.0 Å². The zero-order valence-electron chi connectivity index (χ0n) is 32.7. The second-order valence-corrected chi connectivity index (χ2v) is 14.5. The standard InChI is InChI=1S/C42H46N6O10/c1-46-23-30(27-11-12-43-20-29(27)40(46)52)25-18-35(55-2)31(36(19-25)56-3)24-47-21-26(22-47)34(49)8-5-14-57-16-17-58-15-13-44-32-7-4-6-28-38(32)42(54)48(41(28)53)33-9-10-37(50)45-39(33)51/h4,6-7,11-12,18-20,23,26,33,44H,5,8-10,13-17,21-22,24H2,1-3H3,(H,45,50,51). The van der Waals surface area contributed by atoms with Crippen molar-refractivity contribution in [2.45, 2.75) is 38.3 Å². The minimum Gasteiger partial charge on any atom is -0.496 e. The van der Waals surface area contributed by atoms with Crippen LogP contribution in [-0.4, -0.2) is 115 Å². The number of hydrogen-bond acceptors (Lipinski definition) is 13. The minimum atomic E-state index is -1.03. The van der Waals surface area contributed by atoms with Crippen LogP contribution in [0.2, 0.25) is 0 Å². The third kappa shape index (κ3) is 8.21. The molecule has 1 unspecified atom stereocenters. The number of methoxy groups -OCH3 is 2. The number of pyridine rings is 2. The summed E-state index contributed by atoms with van der Waals surface area (Å²) in [6.45, 7) is 3.65. The Labute approximate surface area is 334 Å². The summed E-state index contributed by atoms with van der Waals surface area (Å²) in [7, 11) is 4.95. The third-order valence-electron chi connectivity index (χ3n) is 10.8. The molecule has 2 aromatic heterocycles. The van der Waals surface area contributed by atoms with E-state index in [0.717, 1.165) is 27.0 Å². The van der Waals surface area contributed by atoms with E-state index in [1.807, 2.05) is 18.2 Å². The molecule has 1 atom stereocenters. The molecule has 2 fully saturated rings. The number of fused-ring (bicyclic) bond motifs is 2. The van der Waals surface area contributed by atoms with Crippen molar-refractivity contribution in [2.75, 3.05) is 65.6 Å². The number of amides is 4. The number of likely N-dealkylation sites (tertiary alicyclic amines) is 1. The number of imide groups is 2. The largest absolute Gasteiger partial charge is 0.496 e. The Kier molecular flexibility index (Phi) is 12.3. The molecule has 2 N–H and O–H groups in total. The van der Waals surface area contributed by atoms with Gasteiger partial charge in [0.1, 0.15) is 23.3 Å². The van der Waals surface area contributed by atoms with Gasteiger partial charge in [0.15, 0.2) is 0 Å². The van der Waals surface area contributed by atoms with Crippen LogP contribution in [0.25, 0.3) is 21.9 Å². The van der Waals surface area contributed by atoms with Crippen molar-refractivity contribution >= 4 is 45.9 Å². The molecule has 0 bridgehead atoms. The van der Waals surface area contributed by atoms with E-state index in [2.05, 4.69) is 20.5 Å². The van der Waals surface area contributed by atoms with Crippen LogP contribution in [0.15, 0.2) is 59.8 Å². The number of nitrogens with zero attached hydrogens (tertiary/aromatic N) is 4. The van der Waals surface area contributed by atoms with Gasteiger partial charge in [-0.3, -0.25) is 48.9 Å². The van der Waals surface area contributed by atoms with E-state index in [9.17, 15) is 28.8 Å². The second kappa shape index (κ2) is 17.7. The summed E-state index contributed by atoms with van der Waals surface area (Å²) in [5.41, 5.74) is 3.33. The fourth-order valence-electron chi connectivity index (χ4n) is 7.76. The lowest BCUT2D eigenvalue weighted by Gasteiger charge is -2.38. The number of ketones is 1. The molecular formula is C42H46N6O10. The SMILES string of the molecule is COc1cc(-c2cn(C)c(=O)c3cnccc23)cc(OC)c1CN1CC(C(=O)CCCOCCOCCNc2cccc3c2C(=O)N(C2CCC(=O)NC2=O)C3=O)C1. The number of hydrogen-bond donors (Lipinski definition) is 2. The fourth-order valence-corrected chi connectivity index (χ4v) is 7.76. The lowest BCUT2D eigenvalue weighted by molar-refractivity contribution is -0.136. The highest BCUT2D eigenvalue weighted by atomic mass is 16.5. The van der Waals surface area contributed by atoms with Crippen LogP contribution in [0, 0.1) is 5.92 Å². The number of aromatic nitrogens is 2. The molecule has 3 aliphatic rings. The maximum Gasteiger partial charge on any atom is 0.264 e. The predicted molar refractivity (Wildman–Crippen MR) is 212 cm³/mol. The molecule has 0 aliphatic carbocycles. The Bertz CT molecular complexity index is 2290. The van der Waals surface area contributed by atoms with E-state index in [1.54, 1.807) is 62.6 Å². The van der Waals surface area contributed by atoms with Gasteiger partial charge in [0.25, 0.3) is 17.4 Å². The molecule has 5 heterocycles. The first-order chi connectivity index (χ1) is 28.1. The summed E-state index contributed by atoms with van der Waals surface area (Å²) in [4.78, 5) is 83.1. The number of benzene rings is 2. The van der Waals surface area contributed by atoms with E-state index < -0.39 is 29.7 Å². The predicted octanol–water partition coefficient (Wildman–Crippen LogP) is 2.95. The van der Waals surface area contributed by atoms with E-state index >= 15 is 0 Å². The van der Waals surface area contributed by atoms with Gasteiger partial charge < -0.3 is 28.8 Å². The maximum atomic E-state index is 13.2. The molecule has 0 saturated carbocycles. The van der Waals surface area contributed by atoms with Crippen molar-refractivity contribution in [3.8, 4) is 22.6 Å². The molecule has 2 aromatic carbocycles. The zero-order valence-corrected chi connectivity index (χ0v) is 32.7. The van der Waals surface area contributed by atoms with Gasteiger partial charge in [0, 0.05) is 88.4 Å². The number of carbonyl (C=O) groups is 5. The van der Waals surface area contributed by atoms with Gasteiger partial charge in [-0.05, 0) is 54.1 Å². The quantitative estimate of drug-likeness (QED) is 0.111. The van der Waals surface area contributed by atoms with Crippen LogP contribution < -0.4 is 25.7 Å². The molecule has 304 valence electrons. The molecule has 0 radical (unpaired) electrons. The smallest absolute Gasteiger partial charge is 0.264 e. The number of anilines is 1. The van der Waals surface area contributed by atoms with Crippen molar-refractivity contribution in [1.29, 1.82) is 0 Å². The van der Waals surface area contributed by atoms with Gasteiger partial charge >= 0.3 is 0 Å². The average molecular weight is 795 g/mol. The first-order valence-corrected chi connectivity index (χ1v) is 19.3. The van der Waals surface area contributed by atoms with E-state index in [1.165, 1.54) is 0 Å². The van der Waals surface area contributed by atoms with Crippen LogP contribution in [0.4, 0.5) is 5.69 Å². The van der Waals surface area contributed by atoms with Gasteiger partial charge in [0.2, 0.25) is 11.8 Å². The van der Waals surface area contributed by atoms with Crippen LogP contribution >= 0.6 is 0 Å². The van der Waals surface area contributed by atoms with Crippen molar-refractivity contribution < 1.29 is 42.9 Å². The highest BCUT2D eigenvalue weighted by molar-refractivity contribution is 6.25. The lowest BCUT2D eigenvalue weighted by Crippen LogP contribution is -2.54. The van der Waals surface area contributed by atoms with Crippen molar-refractivity contribution in [3.63, 3.8) is 0 Å². The van der Waals surface area contributed by atoms with Gasteiger partial charge in [0.05, 0.1) is 56.1 Å². The molecule has 3 aliphatic heterocycles. The highest BCUT2D eigenvalue weighted by Gasteiger charge is 2.45. The van der Waals surface area contributed by atoms with Crippen LogP contribution in [0.3, 0.4) is 0 Å². The summed E-state index contributed by atoms with van der Waals surface area (Å²) in [5.74, 6) is -0.728. The Balaban J connectivity index is 0.800. The van der Waals surface area contributed by atoms with Gasteiger partial charge in [-0.2, -0.15) is 0 Å². The molecule has 2 saturated heterocycles. The molecular weight excluding hydrogens is 748 g/mol. The third-order valence-corrected chi connectivity index (χ3v) is 10.8. The highest BCUT2D eigenvalue weighted by Crippen LogP contribution is 2.39. The van der Waals surface area contributed by atoms with Gasteiger partial charge in [-0.15, -0.1) is 0 Å². The van der Waals surface area contributed by atoms with Crippen LogP contribution in [-0.2, 0) is 37.4 Å². The maximum absolute atomic E-state index is 13.2. The van der Waals surface area contributed by atoms with Crippen molar-refractivity contribution in [1.82, 2.24) is 24.7 Å². The van der Waals surface area contributed by atoms with Crippen molar-refractivity contribution in [2.24, 2.45) is 13.0 Å². The molecule has 4 amide bonds. The normalized spacial score (nSPS) is 17.0. The van der Waals surface area contributed by atoms with E-state index in [4.69, 9.17) is 18.9 Å². The zero-order chi connectivity index (χ0) is 40.9. The summed E-state index contributed by atoms with van der Waals surface area (Å²) in [6, 6.07) is 9.60. The Morgan fingerprint density at radius 1 is 0.914 bits per heavy atom. The molecule has 7 rings (SSSR count). The molecule has 16 nitrogen and oxygen atoms in total. The minimum absolute atomic E-state index is 0.0440. The Hall–Kier alpha value is -5.97. The summed E-state index contributed by atoms with van der Waals surface area (Å²) < 4.78 is 24.5. The Morgan fingerprint density at radius 3 is 2.38 bits per heavy atom. The lowest BCUT2D eigenvalue weighted by atomic mass is 9.91. The second-order valence-electron chi connectivity index (χ2n) is 14.5. The molecule has 16 heteroatoms. The van der Waals surface area contributed by atoms with Gasteiger partial charge in [-0.1, -0.05) is 6.07 Å². The fraction of sp³-hybridized carbons (Fsp3) is 0.405. The first-order valence-electron chi connectivity index (χ1n) is 19.3. The Morgan fingerprint density at radius 2 is 1.66 bits per heavy atom. The van der Waals surface area contributed by atoms with Crippen LogP contribution in [0.5, 0.6) is 11.5 Å². The number of aryl methyl sites for hydroxylation is 1. The topological polar surface area (TPSA) is 188 Å². The molecule has 58 heavy (non-hydrogen) atoms. The summed E-state index contributed by atoms with van der Waals surface area (Å²) >= 11 is 0. The number of piperidine rings is 1. The number of rotatable bonds is 18. The molecule has 0 spiro atoms. The van der Waals surface area contributed by atoms with E-state index in [0.29, 0.717) is 88.0 Å². The van der Waals surface area contributed by atoms with E-state index in [-0.39, 0.29) is 41.2 Å². The first kappa shape index (κ1) is 40.2. The van der Waals surface area contributed by atoms with Crippen LogP contribution in [0.1, 0.15) is 52.0 Å². The summed E-state index contributed by atoms with van der Waals surface area (Å²) in [5, 5.41) is 6.66. The average Bonchev–Trinajstić information content (AvgIpc) is 3.46. The number of nitrogens with one attached hydrogen (secondary N) is 2.